The molecule has 1 rings (SSSR count). The molecular weight excluding hydrogens is 236 g/mol. The molecule has 0 fully saturated rings. The van der Waals surface area contributed by atoms with Crippen LogP contribution in [0.5, 0.6) is 0 Å². The Kier molecular flexibility index (Phi) is 4.38. The third-order valence-corrected chi connectivity index (χ3v) is 2.78. The van der Waals surface area contributed by atoms with E-state index < -0.39 is 10.5 Å². The van der Waals surface area contributed by atoms with E-state index in [0.29, 0.717) is 18.4 Å². The molecule has 0 aliphatic heterocycles. The number of carbonyl (C=O) groups excluding carboxylic acids is 1. The van der Waals surface area contributed by atoms with Crippen molar-refractivity contribution < 1.29 is 14.8 Å². The molecule has 1 aromatic rings. The fourth-order valence-corrected chi connectivity index (χ4v) is 1.33. The fourth-order valence-electron chi connectivity index (χ4n) is 1.33. The van der Waals surface area contributed by atoms with Crippen LogP contribution in [0.4, 0.5) is 11.4 Å². The summed E-state index contributed by atoms with van der Waals surface area (Å²) < 4.78 is 0. The number of aliphatic hydroxyl groups is 1. The first-order chi connectivity index (χ1) is 8.39. The second kappa shape index (κ2) is 5.59. The molecule has 0 heterocycles. The lowest BCUT2D eigenvalue weighted by Crippen LogP contribution is -2.32. The summed E-state index contributed by atoms with van der Waals surface area (Å²) >= 11 is 0. The molecule has 6 nitrogen and oxygen atoms in total. The Morgan fingerprint density at radius 1 is 1.56 bits per heavy atom. The van der Waals surface area contributed by atoms with Crippen molar-refractivity contribution in [2.45, 2.75) is 25.9 Å². The van der Waals surface area contributed by atoms with Crippen LogP contribution in [0.1, 0.15) is 30.6 Å². The fraction of sp³-hybridized carbons (Fsp3) is 0.417. The van der Waals surface area contributed by atoms with Gasteiger partial charge in [0.2, 0.25) is 0 Å². The van der Waals surface area contributed by atoms with Crippen molar-refractivity contribution in [3.63, 3.8) is 0 Å². The molecule has 0 aromatic heterocycles. The first-order valence-electron chi connectivity index (χ1n) is 5.59. The standard InChI is InChI=1S/C12H16N2O4/c1-3-12(2,16)8-13-10-5-4-9(7-15)6-11(10)14(17)18/h4-7,13,16H,3,8H2,1-2H3. The highest BCUT2D eigenvalue weighted by molar-refractivity contribution is 5.79. The van der Waals surface area contributed by atoms with Crippen LogP contribution in [0.3, 0.4) is 0 Å². The average Bonchev–Trinajstić information content (AvgIpc) is 2.36. The number of rotatable bonds is 6. The number of nitrogens with one attached hydrogen (secondary N) is 1. The normalized spacial score (nSPS) is 13.7. The Morgan fingerprint density at radius 3 is 2.72 bits per heavy atom. The van der Waals surface area contributed by atoms with E-state index in [4.69, 9.17) is 0 Å². The summed E-state index contributed by atoms with van der Waals surface area (Å²) in [6.45, 7) is 3.67. The van der Waals surface area contributed by atoms with Crippen molar-refractivity contribution in [3.8, 4) is 0 Å². The molecule has 0 bridgehead atoms. The van der Waals surface area contributed by atoms with E-state index in [1.54, 1.807) is 6.92 Å². The highest BCUT2D eigenvalue weighted by Crippen LogP contribution is 2.25. The maximum atomic E-state index is 10.9. The molecule has 0 saturated carbocycles. The molecule has 0 aliphatic rings. The van der Waals surface area contributed by atoms with Crippen LogP contribution in [-0.2, 0) is 0 Å². The van der Waals surface area contributed by atoms with E-state index in [2.05, 4.69) is 5.32 Å². The zero-order valence-electron chi connectivity index (χ0n) is 10.3. The molecule has 98 valence electrons. The Hall–Kier alpha value is -1.95. The maximum Gasteiger partial charge on any atom is 0.293 e. The van der Waals surface area contributed by atoms with Gasteiger partial charge in [0.25, 0.3) is 5.69 Å². The van der Waals surface area contributed by atoms with Crippen LogP contribution in [0.2, 0.25) is 0 Å². The number of anilines is 1. The molecule has 1 atom stereocenters. The van der Waals surface area contributed by atoms with Gasteiger partial charge in [-0.1, -0.05) is 6.92 Å². The molecule has 0 radical (unpaired) electrons. The predicted octanol–water partition coefficient (Wildman–Crippen LogP) is 1.98. The summed E-state index contributed by atoms with van der Waals surface area (Å²) in [4.78, 5) is 20.9. The smallest absolute Gasteiger partial charge is 0.293 e. The Bertz CT molecular complexity index is 457. The average molecular weight is 252 g/mol. The number of carbonyl (C=O) groups is 1. The molecule has 0 amide bonds. The van der Waals surface area contributed by atoms with Gasteiger partial charge in [-0.15, -0.1) is 0 Å². The van der Waals surface area contributed by atoms with Crippen LogP contribution in [0.15, 0.2) is 18.2 Å². The van der Waals surface area contributed by atoms with Crippen molar-refractivity contribution in [3.05, 3.63) is 33.9 Å². The van der Waals surface area contributed by atoms with Gasteiger partial charge in [-0.2, -0.15) is 0 Å². The first-order valence-corrected chi connectivity index (χ1v) is 5.59. The van der Waals surface area contributed by atoms with E-state index in [9.17, 15) is 20.0 Å². The van der Waals surface area contributed by atoms with Gasteiger partial charge in [0, 0.05) is 18.2 Å². The lowest BCUT2D eigenvalue weighted by atomic mass is 10.0. The third-order valence-electron chi connectivity index (χ3n) is 2.78. The zero-order chi connectivity index (χ0) is 13.8. The van der Waals surface area contributed by atoms with Crippen LogP contribution in [0.25, 0.3) is 0 Å². The minimum Gasteiger partial charge on any atom is -0.388 e. The van der Waals surface area contributed by atoms with Crippen molar-refractivity contribution >= 4 is 17.7 Å². The van der Waals surface area contributed by atoms with Crippen molar-refractivity contribution in [1.29, 1.82) is 0 Å². The first kappa shape index (κ1) is 14.1. The van der Waals surface area contributed by atoms with Crippen LogP contribution in [0, 0.1) is 10.1 Å². The Morgan fingerprint density at radius 2 is 2.22 bits per heavy atom. The van der Waals surface area contributed by atoms with Gasteiger partial charge in [-0.25, -0.2) is 0 Å². The van der Waals surface area contributed by atoms with E-state index in [-0.39, 0.29) is 17.8 Å². The molecule has 1 unspecified atom stereocenters. The largest absolute Gasteiger partial charge is 0.388 e. The summed E-state index contributed by atoms with van der Waals surface area (Å²) in [5, 5.41) is 23.5. The zero-order valence-corrected chi connectivity index (χ0v) is 10.3. The number of benzene rings is 1. The molecule has 0 aliphatic carbocycles. The summed E-state index contributed by atoms with van der Waals surface area (Å²) in [7, 11) is 0. The topological polar surface area (TPSA) is 92.5 Å². The van der Waals surface area contributed by atoms with E-state index >= 15 is 0 Å². The van der Waals surface area contributed by atoms with Gasteiger partial charge in [0.05, 0.1) is 10.5 Å². The predicted molar refractivity (Wildman–Crippen MR) is 67.9 cm³/mol. The van der Waals surface area contributed by atoms with Crippen LogP contribution >= 0.6 is 0 Å². The molecule has 18 heavy (non-hydrogen) atoms. The van der Waals surface area contributed by atoms with E-state index in [1.165, 1.54) is 18.2 Å². The quantitative estimate of drug-likeness (QED) is 0.459. The summed E-state index contributed by atoms with van der Waals surface area (Å²) in [5.74, 6) is 0. The van der Waals surface area contributed by atoms with E-state index in [1.807, 2.05) is 6.92 Å². The highest BCUT2D eigenvalue weighted by Gasteiger charge is 2.20. The number of hydrogen-bond donors (Lipinski definition) is 2. The molecule has 2 N–H and O–H groups in total. The van der Waals surface area contributed by atoms with Crippen LogP contribution < -0.4 is 5.32 Å². The number of nitro groups is 1. The number of nitrogens with zero attached hydrogens (tertiary/aromatic N) is 1. The Labute approximate surface area is 105 Å². The van der Waals surface area contributed by atoms with Gasteiger partial charge in [0.1, 0.15) is 12.0 Å². The van der Waals surface area contributed by atoms with Crippen molar-refractivity contribution in [1.82, 2.24) is 0 Å². The number of aldehydes is 1. The number of hydrogen-bond acceptors (Lipinski definition) is 5. The SMILES string of the molecule is CCC(C)(O)CNc1ccc(C=O)cc1[N+](=O)[O-]. The molecule has 1 aromatic carbocycles. The second-order valence-electron chi connectivity index (χ2n) is 4.36. The lowest BCUT2D eigenvalue weighted by molar-refractivity contribution is -0.384. The monoisotopic (exact) mass is 252 g/mol. The lowest BCUT2D eigenvalue weighted by Gasteiger charge is -2.22. The Balaban J connectivity index is 2.95. The van der Waals surface area contributed by atoms with E-state index in [0.717, 1.165) is 0 Å². The van der Waals surface area contributed by atoms with Gasteiger partial charge < -0.3 is 10.4 Å². The van der Waals surface area contributed by atoms with Gasteiger partial charge >= 0.3 is 0 Å². The van der Waals surface area contributed by atoms with Crippen molar-refractivity contribution in [2.75, 3.05) is 11.9 Å². The molecule has 0 saturated heterocycles. The maximum absolute atomic E-state index is 10.9. The second-order valence-corrected chi connectivity index (χ2v) is 4.36. The minimum atomic E-state index is -0.933. The third kappa shape index (κ3) is 3.53. The minimum absolute atomic E-state index is 0.175. The summed E-state index contributed by atoms with van der Waals surface area (Å²) in [6, 6.07) is 4.16. The van der Waals surface area contributed by atoms with Gasteiger partial charge in [0.15, 0.2) is 0 Å². The molecule has 6 heteroatoms. The van der Waals surface area contributed by atoms with Crippen LogP contribution in [-0.4, -0.2) is 28.5 Å². The number of nitro benzene ring substituents is 1. The van der Waals surface area contributed by atoms with Gasteiger partial charge in [-0.05, 0) is 25.5 Å². The van der Waals surface area contributed by atoms with Gasteiger partial charge in [-0.3, -0.25) is 14.9 Å². The highest BCUT2D eigenvalue weighted by atomic mass is 16.6. The molecular formula is C12H16N2O4. The molecule has 0 spiro atoms. The summed E-state index contributed by atoms with van der Waals surface area (Å²) in [6.07, 6.45) is 1.08. The summed E-state index contributed by atoms with van der Waals surface area (Å²) in [5.41, 5.74) is -0.572. The van der Waals surface area contributed by atoms with Crippen molar-refractivity contribution in [2.24, 2.45) is 0 Å².